The Kier molecular flexibility index (Phi) is 5.28. The highest BCUT2D eigenvalue weighted by Gasteiger charge is 2.13. The lowest BCUT2D eigenvalue weighted by Crippen LogP contribution is -2.14. The van der Waals surface area contributed by atoms with Crippen LogP contribution >= 0.6 is 11.6 Å². The molecule has 2 rings (SSSR count). The van der Waals surface area contributed by atoms with Crippen molar-refractivity contribution in [3.05, 3.63) is 64.4 Å². The number of ketones is 1. The Balaban J connectivity index is 1.95. The molecule has 0 aliphatic carbocycles. The number of amides is 1. The molecule has 1 amide bonds. The number of benzene rings is 2. The van der Waals surface area contributed by atoms with Gasteiger partial charge in [-0.1, -0.05) is 29.8 Å². The number of rotatable bonds is 5. The molecule has 0 heterocycles. The molecule has 0 radical (unpaired) electrons. The molecule has 0 atom stereocenters. The molecule has 0 saturated carbocycles. The highest BCUT2D eigenvalue weighted by Crippen LogP contribution is 2.23. The SMILES string of the molecule is Cc1c(Cl)cccc1NC(=O)CCC(=O)c1ccccc1F. The molecule has 0 unspecified atom stereocenters. The standard InChI is InChI=1S/C17H15ClFNO2/c1-11-13(18)6-4-8-15(11)20-17(22)10-9-16(21)12-5-2-3-7-14(12)19/h2-8H,9-10H2,1H3,(H,20,22). The summed E-state index contributed by atoms with van der Waals surface area (Å²) in [7, 11) is 0. The molecule has 0 aliphatic rings. The van der Waals surface area contributed by atoms with Crippen molar-refractivity contribution in [3.63, 3.8) is 0 Å². The molecular formula is C17H15ClFNO2. The fraction of sp³-hybridized carbons (Fsp3) is 0.176. The normalized spacial score (nSPS) is 10.3. The van der Waals surface area contributed by atoms with E-state index in [1.807, 2.05) is 0 Å². The predicted octanol–water partition coefficient (Wildman–Crippen LogP) is 4.39. The maximum Gasteiger partial charge on any atom is 0.224 e. The third kappa shape index (κ3) is 3.92. The first-order valence-electron chi connectivity index (χ1n) is 6.81. The first-order chi connectivity index (χ1) is 10.5. The van der Waals surface area contributed by atoms with Gasteiger partial charge < -0.3 is 5.32 Å². The fourth-order valence-corrected chi connectivity index (χ4v) is 2.18. The summed E-state index contributed by atoms with van der Waals surface area (Å²) in [5.74, 6) is -1.27. The quantitative estimate of drug-likeness (QED) is 0.831. The molecule has 3 nitrogen and oxygen atoms in total. The topological polar surface area (TPSA) is 46.2 Å². The van der Waals surface area contributed by atoms with Gasteiger partial charge in [-0.05, 0) is 36.8 Å². The molecule has 0 bridgehead atoms. The van der Waals surface area contributed by atoms with E-state index in [4.69, 9.17) is 11.6 Å². The first-order valence-corrected chi connectivity index (χ1v) is 7.19. The van der Waals surface area contributed by atoms with E-state index in [9.17, 15) is 14.0 Å². The number of hydrogen-bond acceptors (Lipinski definition) is 2. The second kappa shape index (κ2) is 7.18. The Labute approximate surface area is 133 Å². The van der Waals surface area contributed by atoms with Crippen LogP contribution in [0.3, 0.4) is 0 Å². The van der Waals surface area contributed by atoms with Crippen molar-refractivity contribution in [3.8, 4) is 0 Å². The van der Waals surface area contributed by atoms with Gasteiger partial charge in [0.05, 0.1) is 5.56 Å². The number of halogens is 2. The molecule has 0 aliphatic heterocycles. The molecule has 5 heteroatoms. The predicted molar refractivity (Wildman–Crippen MR) is 84.8 cm³/mol. The summed E-state index contributed by atoms with van der Waals surface area (Å²) in [6, 6.07) is 10.9. The van der Waals surface area contributed by atoms with Gasteiger partial charge in [0.25, 0.3) is 0 Å². The number of hydrogen-bond donors (Lipinski definition) is 1. The second-order valence-corrected chi connectivity index (χ2v) is 5.27. The highest BCUT2D eigenvalue weighted by molar-refractivity contribution is 6.31. The minimum absolute atomic E-state index is 0.00855. The van der Waals surface area contributed by atoms with Crippen LogP contribution in [0.5, 0.6) is 0 Å². The summed E-state index contributed by atoms with van der Waals surface area (Å²) >= 11 is 5.98. The third-order valence-electron chi connectivity index (χ3n) is 3.30. The average molecular weight is 320 g/mol. The van der Waals surface area contributed by atoms with Crippen LogP contribution in [-0.4, -0.2) is 11.7 Å². The Morgan fingerprint density at radius 1 is 1.09 bits per heavy atom. The van der Waals surface area contributed by atoms with E-state index in [1.54, 1.807) is 31.2 Å². The van der Waals surface area contributed by atoms with Crippen molar-refractivity contribution in [1.29, 1.82) is 0 Å². The summed E-state index contributed by atoms with van der Waals surface area (Å²) in [6.45, 7) is 1.79. The lowest BCUT2D eigenvalue weighted by Gasteiger charge is -2.09. The summed E-state index contributed by atoms with van der Waals surface area (Å²) in [6.07, 6.45) is -0.0640. The van der Waals surface area contributed by atoms with Crippen LogP contribution in [0.4, 0.5) is 10.1 Å². The van der Waals surface area contributed by atoms with Crippen LogP contribution in [0.25, 0.3) is 0 Å². The molecule has 0 aromatic heterocycles. The second-order valence-electron chi connectivity index (χ2n) is 4.86. The lowest BCUT2D eigenvalue weighted by atomic mass is 10.1. The molecule has 2 aromatic rings. The zero-order chi connectivity index (χ0) is 16.1. The minimum atomic E-state index is -0.571. The van der Waals surface area contributed by atoms with Gasteiger partial charge in [0.15, 0.2) is 5.78 Å². The van der Waals surface area contributed by atoms with Gasteiger partial charge in [-0.25, -0.2) is 4.39 Å². The molecule has 1 N–H and O–H groups in total. The van der Waals surface area contributed by atoms with Crippen LogP contribution in [0.15, 0.2) is 42.5 Å². The number of carbonyl (C=O) groups excluding carboxylic acids is 2. The summed E-state index contributed by atoms with van der Waals surface area (Å²) in [4.78, 5) is 23.8. The van der Waals surface area contributed by atoms with Gasteiger partial charge in [-0.3, -0.25) is 9.59 Å². The summed E-state index contributed by atoms with van der Waals surface area (Å²) in [5, 5.41) is 3.26. The van der Waals surface area contributed by atoms with Gasteiger partial charge in [0.2, 0.25) is 5.91 Å². The van der Waals surface area contributed by atoms with Gasteiger partial charge in [0, 0.05) is 23.6 Å². The van der Waals surface area contributed by atoms with E-state index >= 15 is 0 Å². The van der Waals surface area contributed by atoms with Crippen molar-refractivity contribution in [1.82, 2.24) is 0 Å². The number of Topliss-reactive ketones (excluding diaryl/α,β-unsaturated/α-hetero) is 1. The number of carbonyl (C=O) groups is 2. The highest BCUT2D eigenvalue weighted by atomic mass is 35.5. The van der Waals surface area contributed by atoms with Gasteiger partial charge >= 0.3 is 0 Å². The smallest absolute Gasteiger partial charge is 0.224 e. The van der Waals surface area contributed by atoms with Crippen LogP contribution in [0.2, 0.25) is 5.02 Å². The number of nitrogens with one attached hydrogen (secondary N) is 1. The third-order valence-corrected chi connectivity index (χ3v) is 3.70. The van der Waals surface area contributed by atoms with E-state index in [-0.39, 0.29) is 24.3 Å². The van der Waals surface area contributed by atoms with E-state index in [0.717, 1.165) is 5.56 Å². The minimum Gasteiger partial charge on any atom is -0.326 e. The Hall–Kier alpha value is -2.20. The summed E-state index contributed by atoms with van der Waals surface area (Å²) in [5.41, 5.74) is 1.38. The molecule has 0 spiro atoms. The maximum atomic E-state index is 13.5. The lowest BCUT2D eigenvalue weighted by molar-refractivity contribution is -0.116. The van der Waals surface area contributed by atoms with E-state index in [2.05, 4.69) is 5.32 Å². The zero-order valence-corrected chi connectivity index (χ0v) is 12.8. The van der Waals surface area contributed by atoms with Crippen molar-refractivity contribution < 1.29 is 14.0 Å². The van der Waals surface area contributed by atoms with Gasteiger partial charge in [-0.15, -0.1) is 0 Å². The van der Waals surface area contributed by atoms with Crippen molar-refractivity contribution in [2.24, 2.45) is 0 Å². The average Bonchev–Trinajstić information content (AvgIpc) is 2.50. The van der Waals surface area contributed by atoms with Crippen LogP contribution in [0.1, 0.15) is 28.8 Å². The maximum absolute atomic E-state index is 13.5. The Bertz CT molecular complexity index is 716. The Morgan fingerprint density at radius 3 is 2.55 bits per heavy atom. The van der Waals surface area contributed by atoms with Crippen molar-refractivity contribution in [2.45, 2.75) is 19.8 Å². The van der Waals surface area contributed by atoms with Crippen LogP contribution in [0, 0.1) is 12.7 Å². The van der Waals surface area contributed by atoms with Crippen molar-refractivity contribution >= 4 is 29.0 Å². The van der Waals surface area contributed by atoms with Gasteiger partial charge in [0.1, 0.15) is 5.82 Å². The van der Waals surface area contributed by atoms with Crippen LogP contribution in [-0.2, 0) is 4.79 Å². The largest absolute Gasteiger partial charge is 0.326 e. The molecule has 0 saturated heterocycles. The first kappa shape index (κ1) is 16.2. The Morgan fingerprint density at radius 2 is 1.82 bits per heavy atom. The molecule has 2 aromatic carbocycles. The molecule has 114 valence electrons. The zero-order valence-electron chi connectivity index (χ0n) is 12.0. The summed E-state index contributed by atoms with van der Waals surface area (Å²) < 4.78 is 13.5. The van der Waals surface area contributed by atoms with Crippen molar-refractivity contribution in [2.75, 3.05) is 5.32 Å². The monoisotopic (exact) mass is 319 g/mol. The molecule has 22 heavy (non-hydrogen) atoms. The van der Waals surface area contributed by atoms with E-state index in [1.165, 1.54) is 18.2 Å². The number of anilines is 1. The van der Waals surface area contributed by atoms with Crippen LogP contribution < -0.4 is 5.32 Å². The van der Waals surface area contributed by atoms with E-state index in [0.29, 0.717) is 10.7 Å². The van der Waals surface area contributed by atoms with Gasteiger partial charge in [-0.2, -0.15) is 0 Å². The fourth-order valence-electron chi connectivity index (χ4n) is 2.00. The molecular weight excluding hydrogens is 305 g/mol. The molecule has 0 fully saturated rings. The van der Waals surface area contributed by atoms with E-state index < -0.39 is 11.6 Å².